The molecule has 1 saturated carbocycles. The molecule has 1 aromatic rings. The van der Waals surface area contributed by atoms with E-state index in [2.05, 4.69) is 24.5 Å². The molecule has 1 heterocycles. The van der Waals surface area contributed by atoms with Crippen LogP contribution >= 0.6 is 0 Å². The lowest BCUT2D eigenvalue weighted by Crippen LogP contribution is -2.58. The summed E-state index contributed by atoms with van der Waals surface area (Å²) < 4.78 is 5.32. The number of nitrogens with zero attached hydrogens (tertiary/aromatic N) is 1. The molecular weight excluding hydrogens is 524 g/mol. The Morgan fingerprint density at radius 3 is 2.15 bits per heavy atom. The number of nitrogens with one attached hydrogen (secondary N) is 2. The number of hydrogen-bond acceptors (Lipinski definition) is 6. The van der Waals surface area contributed by atoms with E-state index in [4.69, 9.17) is 10.5 Å². The van der Waals surface area contributed by atoms with Gasteiger partial charge in [0.25, 0.3) is 5.91 Å². The fourth-order valence-corrected chi connectivity index (χ4v) is 5.46. The van der Waals surface area contributed by atoms with Gasteiger partial charge < -0.3 is 26.0 Å². The average Bonchev–Trinajstić information content (AvgIpc) is 3.43. The lowest BCUT2D eigenvalue weighted by atomic mass is 9.95. The van der Waals surface area contributed by atoms with Crippen molar-refractivity contribution < 1.29 is 28.7 Å². The summed E-state index contributed by atoms with van der Waals surface area (Å²) in [5.74, 6) is -2.50. The molecule has 4 N–H and O–H groups in total. The fourth-order valence-electron chi connectivity index (χ4n) is 5.46. The van der Waals surface area contributed by atoms with Gasteiger partial charge in [-0.15, -0.1) is 0 Å². The van der Waals surface area contributed by atoms with Crippen LogP contribution in [0, 0.1) is 17.8 Å². The van der Waals surface area contributed by atoms with E-state index in [1.165, 1.54) is 11.3 Å². The number of alkyl carbamates (subject to hydrolysis) is 1. The summed E-state index contributed by atoms with van der Waals surface area (Å²) in [6.45, 7) is 8.68. The molecule has 0 aromatic heterocycles. The van der Waals surface area contributed by atoms with Crippen LogP contribution in [-0.4, -0.2) is 65.8 Å². The van der Waals surface area contributed by atoms with Crippen molar-refractivity contribution in [1.29, 1.82) is 0 Å². The van der Waals surface area contributed by atoms with Crippen molar-refractivity contribution >= 4 is 29.6 Å². The van der Waals surface area contributed by atoms with Gasteiger partial charge in [-0.1, -0.05) is 71.2 Å². The number of hydrogen-bond donors (Lipinski definition) is 3. The third kappa shape index (κ3) is 9.03. The number of likely N-dealkylation sites (tertiary alicyclic amines) is 1. The van der Waals surface area contributed by atoms with E-state index >= 15 is 0 Å². The Morgan fingerprint density at radius 1 is 1.00 bits per heavy atom. The Balaban J connectivity index is 0.00000147. The summed E-state index contributed by atoms with van der Waals surface area (Å²) >= 11 is 0. The summed E-state index contributed by atoms with van der Waals surface area (Å²) in [5, 5.41) is 5.49. The van der Waals surface area contributed by atoms with Crippen molar-refractivity contribution in [2.45, 2.75) is 97.2 Å². The molecule has 3 atom stereocenters. The minimum Gasteiger partial charge on any atom is -0.449 e. The van der Waals surface area contributed by atoms with Gasteiger partial charge in [0.05, 0.1) is 12.6 Å². The predicted molar refractivity (Wildman–Crippen MR) is 155 cm³/mol. The van der Waals surface area contributed by atoms with Gasteiger partial charge >= 0.3 is 6.09 Å². The molecule has 4 amide bonds. The molecule has 0 radical (unpaired) electrons. The van der Waals surface area contributed by atoms with E-state index in [1.54, 1.807) is 0 Å². The molecule has 226 valence electrons. The number of nitrogens with two attached hydrogens (primary N) is 1. The number of Topliss-reactive ketones (excluding diaryl/α,β-unsaturated/α-hetero) is 1. The van der Waals surface area contributed by atoms with Crippen molar-refractivity contribution in [1.82, 2.24) is 15.5 Å². The highest BCUT2D eigenvalue weighted by molar-refractivity contribution is 6.37. The third-order valence-electron chi connectivity index (χ3n) is 7.62. The van der Waals surface area contributed by atoms with Crippen LogP contribution < -0.4 is 16.4 Å². The summed E-state index contributed by atoms with van der Waals surface area (Å²) in [5.41, 5.74) is 7.49. The number of benzene rings is 1. The molecular formula is C31H46N4O6. The predicted octanol–water partition coefficient (Wildman–Crippen LogP) is 2.90. The first kappa shape index (κ1) is 32.1. The van der Waals surface area contributed by atoms with Crippen molar-refractivity contribution in [2.24, 2.45) is 23.5 Å². The van der Waals surface area contributed by atoms with Crippen LogP contribution in [0.15, 0.2) is 24.3 Å². The highest BCUT2D eigenvalue weighted by Crippen LogP contribution is 2.34. The van der Waals surface area contributed by atoms with Crippen LogP contribution in [0.25, 0.3) is 0 Å². The maximum atomic E-state index is 13.9. The van der Waals surface area contributed by atoms with Gasteiger partial charge in [-0.3, -0.25) is 19.2 Å². The molecule has 1 aromatic carbocycles. The topological polar surface area (TPSA) is 148 Å². The molecule has 4 rings (SSSR count). The number of rotatable bonds is 11. The second-order valence-electron chi connectivity index (χ2n) is 11.9. The molecule has 10 nitrogen and oxygen atoms in total. The number of carbonyl (C=O) groups excluding carboxylic acids is 5. The largest absolute Gasteiger partial charge is 0.449 e. The van der Waals surface area contributed by atoms with E-state index in [0.29, 0.717) is 38.6 Å². The van der Waals surface area contributed by atoms with Crippen molar-refractivity contribution in [3.8, 4) is 0 Å². The maximum absolute atomic E-state index is 13.9. The molecule has 1 aliphatic heterocycles. The van der Waals surface area contributed by atoms with E-state index in [9.17, 15) is 24.0 Å². The SMILES string of the molecule is CC(C)COC(=O)N[C@H](C(=O)N1CCC[C@H]1C(=O)NC(CC1CC1)C(=O)C(N)=O)C1Cc2ccccc2C1.CCC. The van der Waals surface area contributed by atoms with Crippen LogP contribution in [0.5, 0.6) is 0 Å². The third-order valence-corrected chi connectivity index (χ3v) is 7.62. The standard InChI is InChI=1S/C28H38N4O6.C3H8/c1-16(2)15-38-28(37)31-23(20-13-18-6-3-4-7-19(18)14-20)27(36)32-11-5-8-22(32)26(35)30-21(12-17-9-10-17)24(33)25(29)34;1-3-2/h3-4,6-7,16-17,20-23H,5,8-15H2,1-2H3,(H2,29,34)(H,30,35)(H,31,37);3H2,1-2H3/t21?,22-,23-;/m0./s1. The molecule has 1 saturated heterocycles. The van der Waals surface area contributed by atoms with E-state index < -0.39 is 41.8 Å². The van der Waals surface area contributed by atoms with Gasteiger partial charge in [0.15, 0.2) is 0 Å². The Labute approximate surface area is 243 Å². The molecule has 1 unspecified atom stereocenters. The molecule has 0 spiro atoms. The first-order chi connectivity index (χ1) is 19.5. The number of carbonyl (C=O) groups is 5. The number of amides is 4. The average molecular weight is 571 g/mol. The van der Waals surface area contributed by atoms with E-state index in [-0.39, 0.29) is 30.3 Å². The lowest BCUT2D eigenvalue weighted by Gasteiger charge is -2.32. The summed E-state index contributed by atoms with van der Waals surface area (Å²) in [4.78, 5) is 65.3. The number of fused-ring (bicyclic) bond motifs is 1. The summed E-state index contributed by atoms with van der Waals surface area (Å²) in [7, 11) is 0. The second-order valence-corrected chi connectivity index (χ2v) is 11.9. The summed E-state index contributed by atoms with van der Waals surface area (Å²) in [6.07, 6.45) is 5.11. The number of ether oxygens (including phenoxy) is 1. The Kier molecular flexibility index (Phi) is 11.7. The van der Waals surface area contributed by atoms with Gasteiger partial charge in [-0.25, -0.2) is 4.79 Å². The number of ketones is 1. The van der Waals surface area contributed by atoms with Gasteiger partial charge in [-0.05, 0) is 61.0 Å². The minimum absolute atomic E-state index is 0.143. The molecule has 3 aliphatic rings. The van der Waals surface area contributed by atoms with Crippen molar-refractivity contribution in [3.05, 3.63) is 35.4 Å². The van der Waals surface area contributed by atoms with E-state index in [0.717, 1.165) is 24.0 Å². The smallest absolute Gasteiger partial charge is 0.407 e. The van der Waals surface area contributed by atoms with Crippen LogP contribution in [-0.2, 0) is 36.8 Å². The number of primary amides is 1. The van der Waals surface area contributed by atoms with E-state index in [1.807, 2.05) is 38.1 Å². The first-order valence-corrected chi connectivity index (χ1v) is 15.0. The quantitative estimate of drug-likeness (QED) is 0.349. The highest BCUT2D eigenvalue weighted by atomic mass is 16.5. The molecule has 2 fully saturated rings. The van der Waals surface area contributed by atoms with Crippen LogP contribution in [0.3, 0.4) is 0 Å². The molecule has 10 heteroatoms. The fraction of sp³-hybridized carbons (Fsp3) is 0.645. The molecule has 2 aliphatic carbocycles. The van der Waals surface area contributed by atoms with Crippen LogP contribution in [0.4, 0.5) is 4.79 Å². The maximum Gasteiger partial charge on any atom is 0.407 e. The van der Waals surface area contributed by atoms with Crippen molar-refractivity contribution in [2.75, 3.05) is 13.2 Å². The zero-order chi connectivity index (χ0) is 30.1. The molecule has 41 heavy (non-hydrogen) atoms. The first-order valence-electron chi connectivity index (χ1n) is 15.0. The minimum atomic E-state index is -1.08. The highest BCUT2D eigenvalue weighted by Gasteiger charge is 2.43. The van der Waals surface area contributed by atoms with Gasteiger partial charge in [0, 0.05) is 6.54 Å². The van der Waals surface area contributed by atoms with Gasteiger partial charge in [0.2, 0.25) is 17.6 Å². The monoisotopic (exact) mass is 570 g/mol. The zero-order valence-electron chi connectivity index (χ0n) is 24.8. The lowest BCUT2D eigenvalue weighted by molar-refractivity contribution is -0.142. The summed E-state index contributed by atoms with van der Waals surface area (Å²) in [6, 6.07) is 5.29. The van der Waals surface area contributed by atoms with Crippen LogP contribution in [0.2, 0.25) is 0 Å². The van der Waals surface area contributed by atoms with Crippen LogP contribution in [0.1, 0.15) is 77.3 Å². The van der Waals surface area contributed by atoms with Crippen molar-refractivity contribution in [3.63, 3.8) is 0 Å². The normalized spacial score (nSPS) is 19.4. The molecule has 0 bridgehead atoms. The zero-order valence-corrected chi connectivity index (χ0v) is 24.8. The Morgan fingerprint density at radius 2 is 1.61 bits per heavy atom. The Bertz CT molecular complexity index is 1080. The van der Waals surface area contributed by atoms with Gasteiger partial charge in [0.1, 0.15) is 12.1 Å². The Hall–Kier alpha value is -3.43. The van der Waals surface area contributed by atoms with Gasteiger partial charge in [-0.2, -0.15) is 0 Å². The second kappa shape index (κ2) is 15.0.